The van der Waals surface area contributed by atoms with Gasteiger partial charge in [0.25, 0.3) is 7.82 Å². The van der Waals surface area contributed by atoms with Gasteiger partial charge in [-0.25, -0.2) is 0 Å². The molecule has 3 unspecified atom stereocenters. The van der Waals surface area contributed by atoms with E-state index >= 15 is 0 Å². The average Bonchev–Trinajstić information content (AvgIpc) is 3.36. The van der Waals surface area contributed by atoms with E-state index in [4.69, 9.17) is 13.8 Å². The van der Waals surface area contributed by atoms with Gasteiger partial charge in [0.2, 0.25) is 5.91 Å². The van der Waals surface area contributed by atoms with Gasteiger partial charge >= 0.3 is 5.97 Å². The van der Waals surface area contributed by atoms with Crippen molar-refractivity contribution in [3.8, 4) is 0 Å². The number of amides is 1. The van der Waals surface area contributed by atoms with Gasteiger partial charge in [-0.2, -0.15) is 0 Å². The topological polar surface area (TPSA) is 114 Å². The smallest absolute Gasteiger partial charge is 0.306 e. The summed E-state index contributed by atoms with van der Waals surface area (Å²) in [6.07, 6.45) is 69.7. The molecule has 0 aromatic carbocycles. The van der Waals surface area contributed by atoms with Crippen molar-refractivity contribution in [2.75, 3.05) is 40.9 Å². The van der Waals surface area contributed by atoms with Gasteiger partial charge in [0.05, 0.1) is 33.8 Å². The summed E-state index contributed by atoms with van der Waals surface area (Å²) in [5.41, 5.74) is 0. The number of phosphoric acid groups is 1. The first-order chi connectivity index (χ1) is 35.9. The van der Waals surface area contributed by atoms with Crippen LogP contribution in [0.5, 0.6) is 0 Å². The Bertz CT molecular complexity index is 1540. The SMILES string of the molecule is CC/C=C\C/C=C\C/C=C\C/C=C\C/C=C\CCCCCC(=O)OC(/C=C/CCCCCCCCCCCCC)C(COP(=O)([O-])OCC[N+](C)(C)C)NC(=O)CCCCCCC/C=C/CCCCCCCCC. The molecule has 0 heterocycles. The summed E-state index contributed by atoms with van der Waals surface area (Å²) in [4.78, 5) is 39.9. The van der Waals surface area contributed by atoms with Gasteiger partial charge in [0.1, 0.15) is 19.3 Å². The molecule has 0 aliphatic heterocycles. The first-order valence-corrected chi connectivity index (χ1v) is 31.9. The van der Waals surface area contributed by atoms with E-state index in [9.17, 15) is 19.0 Å². The minimum Gasteiger partial charge on any atom is -0.756 e. The Morgan fingerprint density at radius 3 is 1.32 bits per heavy atom. The maximum Gasteiger partial charge on any atom is 0.306 e. The van der Waals surface area contributed by atoms with Crippen molar-refractivity contribution in [2.24, 2.45) is 0 Å². The van der Waals surface area contributed by atoms with Gasteiger partial charge in [-0.15, -0.1) is 0 Å². The molecule has 0 fully saturated rings. The molecule has 0 rings (SSSR count). The minimum atomic E-state index is -4.71. The number of phosphoric ester groups is 1. The molecule has 0 spiro atoms. The van der Waals surface area contributed by atoms with Gasteiger partial charge < -0.3 is 28.5 Å². The van der Waals surface area contributed by atoms with Gasteiger partial charge in [-0.3, -0.25) is 14.2 Å². The van der Waals surface area contributed by atoms with Crippen molar-refractivity contribution in [1.29, 1.82) is 0 Å². The summed E-state index contributed by atoms with van der Waals surface area (Å²) < 4.78 is 30.3. The molecule has 0 radical (unpaired) electrons. The summed E-state index contributed by atoms with van der Waals surface area (Å²) in [5.74, 6) is -0.589. The van der Waals surface area contributed by atoms with Crippen LogP contribution in [0.1, 0.15) is 258 Å². The van der Waals surface area contributed by atoms with E-state index in [1.54, 1.807) is 0 Å². The molecule has 9 nitrogen and oxygen atoms in total. The van der Waals surface area contributed by atoms with E-state index in [1.807, 2.05) is 33.3 Å². The third-order valence-electron chi connectivity index (χ3n) is 13.1. The van der Waals surface area contributed by atoms with Crippen molar-refractivity contribution in [1.82, 2.24) is 5.32 Å². The lowest BCUT2D eigenvalue weighted by Gasteiger charge is -2.30. The number of likely N-dealkylation sites (N-methyl/N-ethyl adjacent to an activating group) is 1. The van der Waals surface area contributed by atoms with Crippen LogP contribution in [0.3, 0.4) is 0 Å². The Balaban J connectivity index is 5.40. The lowest BCUT2D eigenvalue weighted by atomic mass is 10.0. The zero-order valence-corrected chi connectivity index (χ0v) is 49.7. The molecule has 0 aromatic rings. The van der Waals surface area contributed by atoms with Crippen molar-refractivity contribution in [3.05, 3.63) is 85.1 Å². The van der Waals surface area contributed by atoms with Crippen LogP contribution in [0.15, 0.2) is 85.1 Å². The maximum atomic E-state index is 13.5. The zero-order valence-electron chi connectivity index (χ0n) is 48.8. The van der Waals surface area contributed by atoms with E-state index < -0.39 is 26.6 Å². The molecule has 0 aliphatic rings. The van der Waals surface area contributed by atoms with Crippen LogP contribution in [0.25, 0.3) is 0 Å². The van der Waals surface area contributed by atoms with E-state index in [-0.39, 0.29) is 24.9 Å². The number of unbranched alkanes of at least 4 members (excludes halogenated alkanes) is 26. The Morgan fingerprint density at radius 2 is 0.865 bits per heavy atom. The molecule has 0 saturated carbocycles. The molecule has 0 aromatic heterocycles. The number of esters is 1. The Hall–Kier alpha value is -2.81. The van der Waals surface area contributed by atoms with Crippen LogP contribution < -0.4 is 10.2 Å². The zero-order chi connectivity index (χ0) is 54.3. The number of hydrogen-bond donors (Lipinski definition) is 1. The number of quaternary nitrogens is 1. The fourth-order valence-electron chi connectivity index (χ4n) is 8.37. The monoisotopic (exact) mass is 1050 g/mol. The number of hydrogen-bond acceptors (Lipinski definition) is 7. The van der Waals surface area contributed by atoms with Crippen molar-refractivity contribution in [2.45, 2.75) is 270 Å². The number of nitrogens with zero attached hydrogens (tertiary/aromatic N) is 1. The van der Waals surface area contributed by atoms with E-state index in [2.05, 4.69) is 99.0 Å². The highest BCUT2D eigenvalue weighted by molar-refractivity contribution is 7.45. The van der Waals surface area contributed by atoms with E-state index in [0.717, 1.165) is 109 Å². The second kappa shape index (κ2) is 53.6. The highest BCUT2D eigenvalue weighted by Gasteiger charge is 2.27. The van der Waals surface area contributed by atoms with Crippen LogP contribution in [0.4, 0.5) is 0 Å². The average molecular weight is 1060 g/mol. The Kier molecular flexibility index (Phi) is 51.5. The van der Waals surface area contributed by atoms with E-state index in [0.29, 0.717) is 23.9 Å². The molecule has 3 atom stereocenters. The molecule has 10 heteroatoms. The maximum absolute atomic E-state index is 13.5. The normalized spacial score (nSPS) is 14.3. The van der Waals surface area contributed by atoms with Crippen LogP contribution in [0, 0.1) is 0 Å². The van der Waals surface area contributed by atoms with Crippen LogP contribution in [-0.4, -0.2) is 69.4 Å². The predicted octanol–water partition coefficient (Wildman–Crippen LogP) is 18.0. The highest BCUT2D eigenvalue weighted by atomic mass is 31.2. The summed E-state index contributed by atoms with van der Waals surface area (Å²) in [6.45, 7) is 6.70. The lowest BCUT2D eigenvalue weighted by Crippen LogP contribution is -2.47. The Labute approximate surface area is 456 Å². The summed E-state index contributed by atoms with van der Waals surface area (Å²) in [6, 6.07) is -0.910. The molecule has 0 bridgehead atoms. The minimum absolute atomic E-state index is 0.0325. The van der Waals surface area contributed by atoms with Crippen molar-refractivity contribution in [3.63, 3.8) is 0 Å². The van der Waals surface area contributed by atoms with E-state index in [1.165, 1.54) is 109 Å². The quantitative estimate of drug-likeness (QED) is 0.0212. The number of carbonyl (C=O) groups excluding carboxylic acids is 2. The molecule has 428 valence electrons. The molecular weight excluding hydrogens is 940 g/mol. The number of ether oxygens (including phenoxy) is 1. The lowest BCUT2D eigenvalue weighted by molar-refractivity contribution is -0.870. The fourth-order valence-corrected chi connectivity index (χ4v) is 9.09. The summed E-state index contributed by atoms with van der Waals surface area (Å²) >= 11 is 0. The fraction of sp³-hybridized carbons (Fsp3) is 0.750. The van der Waals surface area contributed by atoms with Crippen LogP contribution in [0.2, 0.25) is 0 Å². The number of nitrogens with one attached hydrogen (secondary N) is 1. The summed E-state index contributed by atoms with van der Waals surface area (Å²) in [5, 5.41) is 3.01. The molecule has 1 amide bonds. The van der Waals surface area contributed by atoms with Crippen molar-refractivity contribution >= 4 is 19.7 Å². The van der Waals surface area contributed by atoms with Gasteiger partial charge in [0, 0.05) is 12.8 Å². The Morgan fingerprint density at radius 1 is 0.486 bits per heavy atom. The number of allylic oxidation sites excluding steroid dienone is 13. The number of carbonyl (C=O) groups is 2. The highest BCUT2D eigenvalue weighted by Crippen LogP contribution is 2.38. The first kappa shape index (κ1) is 71.2. The van der Waals surface area contributed by atoms with Gasteiger partial charge in [-0.1, -0.05) is 228 Å². The van der Waals surface area contributed by atoms with Crippen LogP contribution in [-0.2, 0) is 27.9 Å². The third-order valence-corrected chi connectivity index (χ3v) is 14.0. The second-order valence-corrected chi connectivity index (χ2v) is 22.9. The molecule has 0 aliphatic carbocycles. The van der Waals surface area contributed by atoms with Crippen LogP contribution >= 0.6 is 7.82 Å². The molecule has 0 saturated heterocycles. The van der Waals surface area contributed by atoms with Gasteiger partial charge in [0.15, 0.2) is 0 Å². The molecule has 1 N–H and O–H groups in total. The third kappa shape index (κ3) is 54.0. The largest absolute Gasteiger partial charge is 0.756 e. The standard InChI is InChI=1S/C64H115N2O7P/c1-7-10-13-16-19-22-25-28-30-32-33-34-36-39-42-45-48-51-54-57-64(68)73-62(55-52-49-46-43-40-37-27-24-21-18-15-12-9-3)61(60-72-74(69,70)71-59-58-66(4,5)6)65-63(67)56-53-50-47-44-41-38-35-31-29-26-23-20-17-14-11-8-2/h10,13,19,22,28,30-31,33-35,39,42,52,55,61-62H,7-9,11-12,14-18,20-21,23-27,29,32,36-38,40-41,43-51,53-54,56-60H2,1-6H3,(H-,65,67,69,70)/b13-10-,22-19-,30-28-,34-33-,35-31+,42-39-,55-52+. The van der Waals surface area contributed by atoms with Crippen molar-refractivity contribution < 1.29 is 37.3 Å². The predicted molar refractivity (Wildman–Crippen MR) is 316 cm³/mol. The first-order valence-electron chi connectivity index (χ1n) is 30.4. The molecule has 74 heavy (non-hydrogen) atoms. The summed E-state index contributed by atoms with van der Waals surface area (Å²) in [7, 11) is 1.15. The number of rotatable bonds is 54. The molecular formula is C64H115N2O7P. The second-order valence-electron chi connectivity index (χ2n) is 21.5. The van der Waals surface area contributed by atoms with Gasteiger partial charge in [-0.05, 0) is 102 Å².